The zero-order valence-electron chi connectivity index (χ0n) is 11.8. The normalized spacial score (nSPS) is 10.9. The summed E-state index contributed by atoms with van der Waals surface area (Å²) in [7, 11) is 0. The third kappa shape index (κ3) is 4.40. The Morgan fingerprint density at radius 3 is 2.77 bits per heavy atom. The fourth-order valence-corrected chi connectivity index (χ4v) is 2.40. The molecular formula is C15H13FN4OS. The van der Waals surface area contributed by atoms with Gasteiger partial charge in [-0.25, -0.2) is 9.37 Å². The lowest BCUT2D eigenvalue weighted by Gasteiger charge is -2.05. The highest BCUT2D eigenvalue weighted by molar-refractivity contribution is 7.10. The molecule has 0 radical (unpaired) electrons. The van der Waals surface area contributed by atoms with Crippen molar-refractivity contribution >= 4 is 22.8 Å². The van der Waals surface area contributed by atoms with Crippen molar-refractivity contribution in [2.24, 2.45) is 0 Å². The minimum atomic E-state index is -0.345. The Morgan fingerprint density at radius 2 is 2.18 bits per heavy atom. The maximum absolute atomic E-state index is 12.8. The smallest absolute Gasteiger partial charge is 0.242 e. The molecule has 2 rings (SSSR count). The minimum Gasteiger partial charge on any atom is -0.304 e. The molecule has 7 heteroatoms. The molecule has 0 saturated heterocycles. The maximum atomic E-state index is 12.8. The van der Waals surface area contributed by atoms with Gasteiger partial charge in [-0.1, -0.05) is 12.1 Å². The van der Waals surface area contributed by atoms with Crippen LogP contribution in [0.3, 0.4) is 0 Å². The van der Waals surface area contributed by atoms with Gasteiger partial charge in [-0.3, -0.25) is 10.2 Å². The fraction of sp³-hybridized carbons (Fsp3) is 0.133. The Bertz CT molecular complexity index is 731. The van der Waals surface area contributed by atoms with Gasteiger partial charge in [0.15, 0.2) is 0 Å². The van der Waals surface area contributed by atoms with Gasteiger partial charge in [0.05, 0.1) is 6.42 Å². The van der Waals surface area contributed by atoms with Crippen LogP contribution < -0.4 is 10.9 Å². The SMILES string of the molecule is Cc1csc(/C(C#N)=C/NNC(=O)Cc2ccc(F)cc2)n1. The molecule has 0 fully saturated rings. The number of hydrogen-bond acceptors (Lipinski definition) is 5. The number of hydrazine groups is 1. The van der Waals surface area contributed by atoms with E-state index in [1.807, 2.05) is 18.4 Å². The molecule has 0 aliphatic rings. The van der Waals surface area contributed by atoms with Crippen LogP contribution >= 0.6 is 11.3 Å². The number of nitrogens with zero attached hydrogens (tertiary/aromatic N) is 2. The highest BCUT2D eigenvalue weighted by atomic mass is 32.1. The van der Waals surface area contributed by atoms with Gasteiger partial charge in [-0.2, -0.15) is 5.26 Å². The lowest BCUT2D eigenvalue weighted by atomic mass is 10.1. The molecule has 2 aromatic rings. The van der Waals surface area contributed by atoms with Gasteiger partial charge in [-0.05, 0) is 24.6 Å². The standard InChI is InChI=1S/C15H13FN4OS/c1-10-9-22-15(19-10)12(7-17)8-18-20-14(21)6-11-2-4-13(16)5-3-11/h2-5,8-9,18H,6H2,1H3,(H,20,21)/b12-8+. The zero-order chi connectivity index (χ0) is 15.9. The Kier molecular flexibility index (Phi) is 5.22. The molecular weight excluding hydrogens is 303 g/mol. The molecule has 1 amide bonds. The second-order valence-electron chi connectivity index (χ2n) is 4.46. The molecule has 112 valence electrons. The van der Waals surface area contributed by atoms with E-state index in [1.54, 1.807) is 12.1 Å². The molecule has 0 unspecified atom stereocenters. The van der Waals surface area contributed by atoms with E-state index in [1.165, 1.54) is 29.7 Å². The van der Waals surface area contributed by atoms with E-state index < -0.39 is 0 Å². The zero-order valence-corrected chi connectivity index (χ0v) is 12.6. The van der Waals surface area contributed by atoms with Gasteiger partial charge < -0.3 is 5.43 Å². The molecule has 22 heavy (non-hydrogen) atoms. The van der Waals surface area contributed by atoms with Crippen molar-refractivity contribution in [3.8, 4) is 6.07 Å². The number of thiazole rings is 1. The number of benzene rings is 1. The summed E-state index contributed by atoms with van der Waals surface area (Å²) in [6.45, 7) is 1.84. The van der Waals surface area contributed by atoms with Crippen molar-refractivity contribution in [1.82, 2.24) is 15.8 Å². The van der Waals surface area contributed by atoms with Gasteiger partial charge in [0, 0.05) is 17.3 Å². The van der Waals surface area contributed by atoms with E-state index in [4.69, 9.17) is 5.26 Å². The van der Waals surface area contributed by atoms with Gasteiger partial charge in [-0.15, -0.1) is 11.3 Å². The molecule has 0 saturated carbocycles. The number of nitrogens with one attached hydrogen (secondary N) is 2. The first kappa shape index (κ1) is 15.7. The summed E-state index contributed by atoms with van der Waals surface area (Å²) in [4.78, 5) is 15.9. The molecule has 0 atom stereocenters. The number of halogens is 1. The summed E-state index contributed by atoms with van der Waals surface area (Å²) in [5.74, 6) is -0.641. The van der Waals surface area contributed by atoms with Crippen molar-refractivity contribution in [3.05, 3.63) is 57.9 Å². The minimum absolute atomic E-state index is 0.110. The van der Waals surface area contributed by atoms with E-state index >= 15 is 0 Å². The monoisotopic (exact) mass is 316 g/mol. The number of aromatic nitrogens is 1. The van der Waals surface area contributed by atoms with E-state index in [0.717, 1.165) is 5.69 Å². The Balaban J connectivity index is 1.89. The molecule has 1 heterocycles. The van der Waals surface area contributed by atoms with Gasteiger partial charge in [0.1, 0.15) is 22.5 Å². The molecule has 0 aliphatic heterocycles. The summed E-state index contributed by atoms with van der Waals surface area (Å²) in [5.41, 5.74) is 6.90. The first-order valence-corrected chi connectivity index (χ1v) is 7.28. The summed E-state index contributed by atoms with van der Waals surface area (Å²) in [6.07, 6.45) is 1.50. The van der Waals surface area contributed by atoms with E-state index in [2.05, 4.69) is 15.8 Å². The van der Waals surface area contributed by atoms with Gasteiger partial charge in [0.2, 0.25) is 5.91 Å². The summed E-state index contributed by atoms with van der Waals surface area (Å²) >= 11 is 1.35. The second-order valence-corrected chi connectivity index (χ2v) is 5.32. The van der Waals surface area contributed by atoms with Crippen molar-refractivity contribution in [1.29, 1.82) is 5.26 Å². The first-order chi connectivity index (χ1) is 10.6. The van der Waals surface area contributed by atoms with Crippen molar-refractivity contribution < 1.29 is 9.18 Å². The predicted molar refractivity (Wildman–Crippen MR) is 81.8 cm³/mol. The highest BCUT2D eigenvalue weighted by Crippen LogP contribution is 2.17. The first-order valence-electron chi connectivity index (χ1n) is 6.40. The third-order valence-corrected chi connectivity index (χ3v) is 3.67. The number of rotatable bonds is 5. The van der Waals surface area contributed by atoms with Crippen LogP contribution in [0.5, 0.6) is 0 Å². The number of allylic oxidation sites excluding steroid dienone is 1. The molecule has 5 nitrogen and oxygen atoms in total. The van der Waals surface area contributed by atoms with Crippen LogP contribution in [0.4, 0.5) is 4.39 Å². The van der Waals surface area contributed by atoms with Crippen LogP contribution in [0.15, 0.2) is 35.8 Å². The molecule has 0 bridgehead atoms. The number of aryl methyl sites for hydroxylation is 1. The molecule has 0 spiro atoms. The van der Waals surface area contributed by atoms with E-state index in [-0.39, 0.29) is 18.1 Å². The van der Waals surface area contributed by atoms with Crippen molar-refractivity contribution in [2.75, 3.05) is 0 Å². The lowest BCUT2D eigenvalue weighted by molar-refractivity contribution is -0.121. The van der Waals surface area contributed by atoms with Crippen LogP contribution in [0.25, 0.3) is 5.57 Å². The topological polar surface area (TPSA) is 77.8 Å². The Hall–Kier alpha value is -2.72. The Labute approximate surface area is 131 Å². The predicted octanol–water partition coefficient (Wildman–Crippen LogP) is 2.32. The number of carbonyl (C=O) groups excluding carboxylic acids is 1. The summed E-state index contributed by atoms with van der Waals surface area (Å²) in [6, 6.07) is 7.71. The average Bonchev–Trinajstić information content (AvgIpc) is 2.92. The number of amides is 1. The van der Waals surface area contributed by atoms with Crippen LogP contribution in [0.1, 0.15) is 16.3 Å². The number of hydrogen-bond donors (Lipinski definition) is 2. The highest BCUT2D eigenvalue weighted by Gasteiger charge is 2.06. The van der Waals surface area contributed by atoms with Gasteiger partial charge >= 0.3 is 0 Å². The van der Waals surface area contributed by atoms with E-state index in [9.17, 15) is 9.18 Å². The molecule has 0 aliphatic carbocycles. The Morgan fingerprint density at radius 1 is 1.45 bits per heavy atom. The summed E-state index contributed by atoms with van der Waals surface area (Å²) < 4.78 is 12.8. The van der Waals surface area contributed by atoms with Crippen LogP contribution in [-0.2, 0) is 11.2 Å². The number of carbonyl (C=O) groups is 1. The second kappa shape index (κ2) is 7.33. The van der Waals surface area contributed by atoms with Crippen LogP contribution in [0.2, 0.25) is 0 Å². The van der Waals surface area contributed by atoms with E-state index in [0.29, 0.717) is 16.1 Å². The van der Waals surface area contributed by atoms with Crippen LogP contribution in [0, 0.1) is 24.1 Å². The number of nitriles is 1. The molecule has 1 aromatic carbocycles. The maximum Gasteiger partial charge on any atom is 0.242 e. The molecule has 1 aromatic heterocycles. The largest absolute Gasteiger partial charge is 0.304 e. The average molecular weight is 316 g/mol. The molecule has 2 N–H and O–H groups in total. The van der Waals surface area contributed by atoms with Gasteiger partial charge in [0.25, 0.3) is 0 Å². The third-order valence-electron chi connectivity index (χ3n) is 2.68. The quantitative estimate of drug-likeness (QED) is 0.655. The summed E-state index contributed by atoms with van der Waals surface area (Å²) in [5, 5.41) is 11.5. The fourth-order valence-electron chi connectivity index (χ4n) is 1.64. The van der Waals surface area contributed by atoms with Crippen molar-refractivity contribution in [3.63, 3.8) is 0 Å². The van der Waals surface area contributed by atoms with Crippen molar-refractivity contribution in [2.45, 2.75) is 13.3 Å². The lowest BCUT2D eigenvalue weighted by Crippen LogP contribution is -2.34. The van der Waals surface area contributed by atoms with Crippen LogP contribution in [-0.4, -0.2) is 10.9 Å².